The molecule has 0 amide bonds. The van der Waals surface area contributed by atoms with Gasteiger partial charge in [0.1, 0.15) is 6.10 Å². The number of carboxylic acid groups (broad SMARTS) is 2. The summed E-state index contributed by atoms with van der Waals surface area (Å²) in [4.78, 5) is 24.7. The maximum atomic E-state index is 10.7. The van der Waals surface area contributed by atoms with E-state index in [-0.39, 0.29) is 16.8 Å². The van der Waals surface area contributed by atoms with Crippen LogP contribution < -0.4 is 0 Å². The molecule has 0 spiro atoms. The minimum absolute atomic E-state index is 0.0439. The summed E-state index contributed by atoms with van der Waals surface area (Å²) in [6, 6.07) is 1.27. The predicted molar refractivity (Wildman–Crippen MR) is 54.5 cm³/mol. The highest BCUT2D eigenvalue weighted by molar-refractivity contribution is 5.87. The first-order chi connectivity index (χ1) is 7.84. The Kier molecular flexibility index (Phi) is 3.77. The van der Waals surface area contributed by atoms with Crippen LogP contribution in [0.25, 0.3) is 0 Å². The largest absolute Gasteiger partial charge is 0.479 e. The quantitative estimate of drug-likeness (QED) is 0.562. The van der Waals surface area contributed by atoms with E-state index in [4.69, 9.17) is 15.3 Å². The van der Waals surface area contributed by atoms with Crippen LogP contribution in [0.5, 0.6) is 0 Å². The van der Waals surface area contributed by atoms with E-state index in [9.17, 15) is 14.7 Å². The molecule has 0 aromatic carbocycles. The normalized spacial score (nSPS) is 14.1. The molecule has 0 saturated carbocycles. The minimum atomic E-state index is -1.98. The summed E-state index contributed by atoms with van der Waals surface area (Å²) in [5, 5.41) is 35.8. The van der Waals surface area contributed by atoms with Crippen molar-refractivity contribution in [2.24, 2.45) is 0 Å². The topological polar surface area (TPSA) is 128 Å². The van der Waals surface area contributed by atoms with Crippen LogP contribution >= 0.6 is 0 Å². The first-order valence-electron chi connectivity index (χ1n) is 4.63. The van der Waals surface area contributed by atoms with Crippen LogP contribution in [-0.2, 0) is 4.79 Å². The van der Waals surface area contributed by atoms with Crippen molar-refractivity contribution < 1.29 is 30.0 Å². The monoisotopic (exact) mass is 241 g/mol. The third-order valence-electron chi connectivity index (χ3n) is 2.20. The number of aromatic carboxylic acids is 1. The molecular weight excluding hydrogens is 230 g/mol. The van der Waals surface area contributed by atoms with E-state index in [1.54, 1.807) is 0 Å². The van der Waals surface area contributed by atoms with Crippen LogP contribution in [-0.4, -0.2) is 43.5 Å². The molecular formula is C10H11NO6. The highest BCUT2D eigenvalue weighted by Gasteiger charge is 2.26. The molecule has 1 aromatic heterocycles. The lowest BCUT2D eigenvalue weighted by atomic mass is 10.0. The zero-order valence-corrected chi connectivity index (χ0v) is 8.86. The number of pyridine rings is 1. The fourth-order valence-electron chi connectivity index (χ4n) is 1.30. The van der Waals surface area contributed by atoms with Gasteiger partial charge >= 0.3 is 11.9 Å². The Morgan fingerprint density at radius 3 is 2.29 bits per heavy atom. The number of aliphatic carboxylic acids is 1. The van der Waals surface area contributed by atoms with Gasteiger partial charge in [-0.25, -0.2) is 14.6 Å². The number of carboxylic acids is 2. The summed E-state index contributed by atoms with van der Waals surface area (Å²) in [7, 11) is 0. The summed E-state index contributed by atoms with van der Waals surface area (Å²) < 4.78 is 0. The van der Waals surface area contributed by atoms with Crippen LogP contribution in [0.4, 0.5) is 0 Å². The smallest absolute Gasteiger partial charge is 0.354 e. The molecule has 0 aliphatic rings. The van der Waals surface area contributed by atoms with E-state index >= 15 is 0 Å². The van der Waals surface area contributed by atoms with Crippen LogP contribution in [0.2, 0.25) is 0 Å². The number of rotatable bonds is 4. The lowest BCUT2D eigenvalue weighted by Crippen LogP contribution is -2.27. The number of carbonyl (C=O) groups is 2. The minimum Gasteiger partial charge on any atom is -0.479 e. The molecule has 1 rings (SSSR count). The number of hydrogen-bond acceptors (Lipinski definition) is 5. The van der Waals surface area contributed by atoms with Crippen molar-refractivity contribution in [2.75, 3.05) is 0 Å². The standard InChI is InChI=1S/C10H11NO6/c1-4-2-5(3-11-6(4)9(14)15)7(12)8(13)10(16)17/h2-3,7-8,12-13H,1H3,(H,14,15)(H,16,17). The number of nitrogens with zero attached hydrogens (tertiary/aromatic N) is 1. The molecule has 4 N–H and O–H groups in total. The van der Waals surface area contributed by atoms with Gasteiger partial charge in [-0.2, -0.15) is 0 Å². The average molecular weight is 241 g/mol. The van der Waals surface area contributed by atoms with Crippen molar-refractivity contribution in [1.29, 1.82) is 0 Å². The molecule has 0 fully saturated rings. The fourth-order valence-corrected chi connectivity index (χ4v) is 1.30. The first kappa shape index (κ1) is 13.1. The molecule has 0 bridgehead atoms. The second kappa shape index (κ2) is 4.89. The van der Waals surface area contributed by atoms with Gasteiger partial charge in [0.15, 0.2) is 11.8 Å². The second-order valence-electron chi connectivity index (χ2n) is 3.47. The first-order valence-corrected chi connectivity index (χ1v) is 4.63. The highest BCUT2D eigenvalue weighted by Crippen LogP contribution is 2.18. The summed E-state index contributed by atoms with van der Waals surface area (Å²) in [6.45, 7) is 1.46. The van der Waals surface area contributed by atoms with Crippen molar-refractivity contribution in [2.45, 2.75) is 19.1 Å². The zero-order chi connectivity index (χ0) is 13.2. The number of aliphatic hydroxyl groups is 2. The number of aryl methyl sites for hydroxylation is 1. The Morgan fingerprint density at radius 2 is 1.88 bits per heavy atom. The number of aromatic nitrogens is 1. The van der Waals surface area contributed by atoms with Gasteiger partial charge in [-0.3, -0.25) is 0 Å². The van der Waals surface area contributed by atoms with Gasteiger partial charge in [-0.15, -0.1) is 0 Å². The molecule has 2 atom stereocenters. The lowest BCUT2D eigenvalue weighted by molar-refractivity contribution is -0.153. The van der Waals surface area contributed by atoms with Gasteiger partial charge in [0.25, 0.3) is 0 Å². The van der Waals surface area contributed by atoms with Gasteiger partial charge in [0, 0.05) is 11.8 Å². The molecule has 0 saturated heterocycles. The highest BCUT2D eigenvalue weighted by atomic mass is 16.4. The third-order valence-corrected chi connectivity index (χ3v) is 2.20. The molecule has 1 aromatic rings. The zero-order valence-electron chi connectivity index (χ0n) is 8.86. The Morgan fingerprint density at radius 1 is 1.29 bits per heavy atom. The van der Waals surface area contributed by atoms with E-state index < -0.39 is 24.1 Å². The van der Waals surface area contributed by atoms with Gasteiger partial charge < -0.3 is 20.4 Å². The van der Waals surface area contributed by atoms with Gasteiger partial charge in [-0.1, -0.05) is 0 Å². The summed E-state index contributed by atoms with van der Waals surface area (Å²) in [6.07, 6.45) is -2.61. The Hall–Kier alpha value is -1.99. The van der Waals surface area contributed by atoms with Crippen molar-refractivity contribution in [1.82, 2.24) is 4.98 Å². The Bertz CT molecular complexity index is 458. The maximum Gasteiger partial charge on any atom is 0.354 e. The molecule has 7 nitrogen and oxygen atoms in total. The Balaban J connectivity index is 3.05. The molecule has 0 aliphatic heterocycles. The van der Waals surface area contributed by atoms with Crippen molar-refractivity contribution in [3.63, 3.8) is 0 Å². The van der Waals surface area contributed by atoms with E-state index in [1.165, 1.54) is 13.0 Å². The molecule has 92 valence electrons. The van der Waals surface area contributed by atoms with E-state index in [0.29, 0.717) is 0 Å². The van der Waals surface area contributed by atoms with Crippen molar-refractivity contribution >= 4 is 11.9 Å². The number of hydrogen-bond donors (Lipinski definition) is 4. The van der Waals surface area contributed by atoms with Crippen molar-refractivity contribution in [3.8, 4) is 0 Å². The predicted octanol–water partition coefficient (Wildman–Crippen LogP) is -0.433. The summed E-state index contributed by atoms with van der Waals surface area (Å²) in [5.41, 5.74) is 0.125. The summed E-state index contributed by atoms with van der Waals surface area (Å²) in [5.74, 6) is -2.79. The van der Waals surface area contributed by atoms with Gasteiger partial charge in [-0.05, 0) is 18.6 Å². The molecule has 7 heteroatoms. The van der Waals surface area contributed by atoms with Gasteiger partial charge in [0.05, 0.1) is 0 Å². The lowest BCUT2D eigenvalue weighted by Gasteiger charge is -2.14. The van der Waals surface area contributed by atoms with E-state index in [1.807, 2.05) is 0 Å². The molecule has 1 heterocycles. The molecule has 2 unspecified atom stereocenters. The fraction of sp³-hybridized carbons (Fsp3) is 0.300. The third kappa shape index (κ3) is 2.77. The van der Waals surface area contributed by atoms with E-state index in [2.05, 4.69) is 4.98 Å². The van der Waals surface area contributed by atoms with Crippen LogP contribution in [0, 0.1) is 6.92 Å². The Labute approximate surface area is 96.0 Å². The molecule has 0 aliphatic carbocycles. The summed E-state index contributed by atoms with van der Waals surface area (Å²) >= 11 is 0. The molecule has 17 heavy (non-hydrogen) atoms. The van der Waals surface area contributed by atoms with Crippen LogP contribution in [0.3, 0.4) is 0 Å². The van der Waals surface area contributed by atoms with Crippen LogP contribution in [0.1, 0.15) is 27.7 Å². The SMILES string of the molecule is Cc1cc(C(O)C(O)C(=O)O)cnc1C(=O)O. The van der Waals surface area contributed by atoms with Crippen molar-refractivity contribution in [3.05, 3.63) is 29.1 Å². The van der Waals surface area contributed by atoms with Crippen LogP contribution in [0.15, 0.2) is 12.3 Å². The average Bonchev–Trinajstić information content (AvgIpc) is 2.26. The van der Waals surface area contributed by atoms with Gasteiger partial charge in [0.2, 0.25) is 0 Å². The number of aliphatic hydroxyl groups excluding tert-OH is 2. The second-order valence-corrected chi connectivity index (χ2v) is 3.47. The maximum absolute atomic E-state index is 10.7. The molecule has 0 radical (unpaired) electrons. The van der Waals surface area contributed by atoms with E-state index in [0.717, 1.165) is 6.20 Å².